The highest BCUT2D eigenvalue weighted by molar-refractivity contribution is 5.31. The number of nitrogens with zero attached hydrogens (tertiary/aromatic N) is 3. The fourth-order valence-electron chi connectivity index (χ4n) is 1.88. The van der Waals surface area contributed by atoms with E-state index in [1.165, 1.54) is 0 Å². The van der Waals surface area contributed by atoms with Gasteiger partial charge in [-0.15, -0.1) is 0 Å². The van der Waals surface area contributed by atoms with Crippen molar-refractivity contribution in [3.63, 3.8) is 0 Å². The first kappa shape index (κ1) is 16.1. The average Bonchev–Trinajstić information content (AvgIpc) is 2.52. The third-order valence-electron chi connectivity index (χ3n) is 3.17. The average molecular weight is 311 g/mol. The molecule has 0 atom stereocenters. The van der Waals surface area contributed by atoms with E-state index < -0.39 is 11.9 Å². The van der Waals surface area contributed by atoms with Gasteiger partial charge in [0.25, 0.3) is 0 Å². The van der Waals surface area contributed by atoms with Crippen molar-refractivity contribution >= 4 is 5.95 Å². The first-order valence-corrected chi connectivity index (χ1v) is 6.64. The summed E-state index contributed by atoms with van der Waals surface area (Å²) in [7, 11) is 3.26. The number of hydrogen-bond donors (Lipinski definition) is 0. The summed E-state index contributed by atoms with van der Waals surface area (Å²) in [5.74, 6) is 0.821. The molecule has 4 nitrogen and oxygen atoms in total. The molecule has 0 amide bonds. The molecule has 0 N–H and O–H groups in total. The minimum atomic E-state index is -4.46. The molecule has 0 unspecified atom stereocenters. The predicted octanol–water partition coefficient (Wildman–Crippen LogP) is 3.18. The number of methoxy groups -OCH3 is 1. The molecule has 0 aliphatic rings. The fraction of sp³-hybridized carbons (Fsp3) is 0.333. The monoisotopic (exact) mass is 311 g/mol. The van der Waals surface area contributed by atoms with Crippen LogP contribution < -0.4 is 9.64 Å². The molecule has 1 heterocycles. The van der Waals surface area contributed by atoms with Crippen LogP contribution in [0.25, 0.3) is 0 Å². The summed E-state index contributed by atoms with van der Waals surface area (Å²) in [5.41, 5.74) is 0.119. The third kappa shape index (κ3) is 4.09. The van der Waals surface area contributed by atoms with Gasteiger partial charge in [-0.2, -0.15) is 13.2 Å². The van der Waals surface area contributed by atoms with Crippen molar-refractivity contribution in [2.45, 2.75) is 12.6 Å². The lowest BCUT2D eigenvalue weighted by Crippen LogP contribution is -2.23. The zero-order chi connectivity index (χ0) is 16.2. The Hall–Kier alpha value is -2.31. The van der Waals surface area contributed by atoms with E-state index in [-0.39, 0.29) is 5.95 Å². The predicted molar refractivity (Wildman–Crippen MR) is 77.0 cm³/mol. The van der Waals surface area contributed by atoms with Crippen LogP contribution in [-0.2, 0) is 12.6 Å². The molecule has 1 aromatic heterocycles. The van der Waals surface area contributed by atoms with Crippen molar-refractivity contribution in [3.05, 3.63) is 47.8 Å². The molecule has 0 saturated carbocycles. The van der Waals surface area contributed by atoms with Crippen molar-refractivity contribution in [1.82, 2.24) is 9.97 Å². The maximum atomic E-state index is 12.6. The summed E-state index contributed by atoms with van der Waals surface area (Å²) >= 11 is 0. The van der Waals surface area contributed by atoms with Crippen molar-refractivity contribution in [1.29, 1.82) is 0 Å². The maximum absolute atomic E-state index is 12.6. The Kier molecular flexibility index (Phi) is 4.85. The lowest BCUT2D eigenvalue weighted by molar-refractivity contribution is -0.141. The molecule has 0 saturated heterocycles. The summed E-state index contributed by atoms with van der Waals surface area (Å²) in [4.78, 5) is 9.04. The normalized spacial score (nSPS) is 11.3. The summed E-state index contributed by atoms with van der Waals surface area (Å²) in [6, 6.07) is 8.38. The molecule has 2 rings (SSSR count). The highest BCUT2D eigenvalue weighted by Gasteiger charge is 2.33. The van der Waals surface area contributed by atoms with Crippen molar-refractivity contribution in [2.24, 2.45) is 0 Å². The molecule has 0 aliphatic carbocycles. The van der Waals surface area contributed by atoms with Gasteiger partial charge in [0.2, 0.25) is 5.95 Å². The number of halogens is 3. The Balaban J connectivity index is 2.01. The molecule has 0 spiro atoms. The minimum absolute atomic E-state index is 0.0586. The number of alkyl halides is 3. The van der Waals surface area contributed by atoms with E-state index in [1.54, 1.807) is 19.1 Å². The number of hydrogen-bond acceptors (Lipinski definition) is 4. The zero-order valence-corrected chi connectivity index (χ0v) is 12.3. The van der Waals surface area contributed by atoms with Crippen molar-refractivity contribution in [2.75, 3.05) is 25.6 Å². The first-order chi connectivity index (χ1) is 10.4. The van der Waals surface area contributed by atoms with E-state index in [2.05, 4.69) is 9.97 Å². The molecule has 2 aromatic rings. The molecule has 0 fully saturated rings. The van der Waals surface area contributed by atoms with Crippen LogP contribution in [0.3, 0.4) is 0 Å². The topological polar surface area (TPSA) is 38.2 Å². The lowest BCUT2D eigenvalue weighted by atomic mass is 10.1. The number of benzene rings is 1. The molecular formula is C15H16F3N3O. The molecule has 0 radical (unpaired) electrons. The highest BCUT2D eigenvalue weighted by atomic mass is 19.4. The fourth-order valence-corrected chi connectivity index (χ4v) is 1.88. The summed E-state index contributed by atoms with van der Waals surface area (Å²) < 4.78 is 43.0. The van der Waals surface area contributed by atoms with Gasteiger partial charge in [0.1, 0.15) is 11.4 Å². The van der Waals surface area contributed by atoms with E-state index in [9.17, 15) is 13.2 Å². The van der Waals surface area contributed by atoms with Crippen LogP contribution in [0.4, 0.5) is 19.1 Å². The number of ether oxygens (including phenoxy) is 1. The Labute approximate surface area is 126 Å². The number of likely N-dealkylation sites (N-methyl/N-ethyl adjacent to an activating group) is 1. The number of aromatic nitrogens is 2. The molecule has 1 aromatic carbocycles. The van der Waals surface area contributed by atoms with Gasteiger partial charge >= 0.3 is 6.18 Å². The van der Waals surface area contributed by atoms with Crippen LogP contribution in [0, 0.1) is 0 Å². The Morgan fingerprint density at radius 2 is 1.82 bits per heavy atom. The second-order valence-corrected chi connectivity index (χ2v) is 4.76. The molecule has 0 aliphatic heterocycles. The van der Waals surface area contributed by atoms with Crippen LogP contribution in [0.1, 0.15) is 11.3 Å². The van der Waals surface area contributed by atoms with E-state index in [4.69, 9.17) is 4.74 Å². The summed E-state index contributed by atoms with van der Waals surface area (Å²) in [6.07, 6.45) is -2.68. The molecular weight excluding hydrogens is 295 g/mol. The molecule has 7 heteroatoms. The molecule has 0 bridgehead atoms. The second kappa shape index (κ2) is 6.64. The van der Waals surface area contributed by atoms with Gasteiger partial charge in [-0.3, -0.25) is 0 Å². The molecule has 118 valence electrons. The summed E-state index contributed by atoms with van der Waals surface area (Å²) in [5, 5.41) is 0. The van der Waals surface area contributed by atoms with Gasteiger partial charge in [0.05, 0.1) is 7.11 Å². The van der Waals surface area contributed by atoms with Gasteiger partial charge < -0.3 is 9.64 Å². The highest BCUT2D eigenvalue weighted by Crippen LogP contribution is 2.27. The largest absolute Gasteiger partial charge is 0.497 e. The zero-order valence-electron chi connectivity index (χ0n) is 12.3. The molecule has 22 heavy (non-hydrogen) atoms. The van der Waals surface area contributed by atoms with Crippen LogP contribution in [0.15, 0.2) is 36.5 Å². The van der Waals surface area contributed by atoms with Crippen molar-refractivity contribution < 1.29 is 17.9 Å². The van der Waals surface area contributed by atoms with Crippen LogP contribution in [0.2, 0.25) is 0 Å². The van der Waals surface area contributed by atoms with E-state index in [0.29, 0.717) is 13.0 Å². The maximum Gasteiger partial charge on any atom is 0.433 e. The van der Waals surface area contributed by atoms with Gasteiger partial charge in [-0.25, -0.2) is 9.97 Å². The first-order valence-electron chi connectivity index (χ1n) is 6.64. The SMILES string of the molecule is COc1ccc(CCN(C)c2nccc(C(F)(F)F)n2)cc1. The van der Waals surface area contributed by atoms with Gasteiger partial charge in [0.15, 0.2) is 0 Å². The van der Waals surface area contributed by atoms with Crippen LogP contribution in [0.5, 0.6) is 5.75 Å². The van der Waals surface area contributed by atoms with Gasteiger partial charge in [0, 0.05) is 19.8 Å². The summed E-state index contributed by atoms with van der Waals surface area (Å²) in [6.45, 7) is 0.508. The Morgan fingerprint density at radius 3 is 2.41 bits per heavy atom. The minimum Gasteiger partial charge on any atom is -0.497 e. The van der Waals surface area contributed by atoms with Crippen LogP contribution >= 0.6 is 0 Å². The Morgan fingerprint density at radius 1 is 1.14 bits per heavy atom. The van der Waals surface area contributed by atoms with E-state index in [0.717, 1.165) is 23.6 Å². The van der Waals surface area contributed by atoms with Crippen LogP contribution in [-0.4, -0.2) is 30.7 Å². The standard InChI is InChI=1S/C15H16F3N3O/c1-21(10-8-11-3-5-12(22-2)6-4-11)14-19-9-7-13(20-14)15(16,17)18/h3-7,9H,8,10H2,1-2H3. The van der Waals surface area contributed by atoms with Crippen molar-refractivity contribution in [3.8, 4) is 5.75 Å². The quantitative estimate of drug-likeness (QED) is 0.850. The van der Waals surface area contributed by atoms with Gasteiger partial charge in [-0.1, -0.05) is 12.1 Å². The smallest absolute Gasteiger partial charge is 0.433 e. The number of rotatable bonds is 5. The lowest BCUT2D eigenvalue weighted by Gasteiger charge is -2.18. The van der Waals surface area contributed by atoms with Gasteiger partial charge in [-0.05, 0) is 30.2 Å². The number of anilines is 1. The third-order valence-corrected chi connectivity index (χ3v) is 3.17. The second-order valence-electron chi connectivity index (χ2n) is 4.76. The Bertz CT molecular complexity index is 614. The van der Waals surface area contributed by atoms with E-state index >= 15 is 0 Å². The van der Waals surface area contributed by atoms with E-state index in [1.807, 2.05) is 24.3 Å².